The number of likely N-dealkylation sites (tertiary alicyclic amines) is 1. The first-order valence-electron chi connectivity index (χ1n) is 5.50. The van der Waals surface area contributed by atoms with Gasteiger partial charge >= 0.3 is 0 Å². The average molecular weight is 179 g/mol. The van der Waals surface area contributed by atoms with Gasteiger partial charge < -0.3 is 0 Å². The minimum Gasteiger partial charge on any atom is -0.296 e. The maximum Gasteiger partial charge on any atom is 0.0190 e. The van der Waals surface area contributed by atoms with E-state index in [9.17, 15) is 0 Å². The lowest BCUT2D eigenvalue weighted by molar-refractivity contribution is 0.141. The molecule has 1 aliphatic carbocycles. The van der Waals surface area contributed by atoms with Gasteiger partial charge in [-0.1, -0.05) is 18.6 Å². The third kappa shape index (κ3) is 1.67. The third-order valence-corrected chi connectivity index (χ3v) is 3.78. The summed E-state index contributed by atoms with van der Waals surface area (Å²) in [7, 11) is 0. The fourth-order valence-electron chi connectivity index (χ4n) is 3.00. The van der Waals surface area contributed by atoms with E-state index in [1.54, 1.807) is 0 Å². The lowest BCUT2D eigenvalue weighted by Crippen LogP contribution is -2.34. The molecule has 13 heavy (non-hydrogen) atoms. The molecule has 74 valence electrons. The van der Waals surface area contributed by atoms with Crippen molar-refractivity contribution in [2.45, 2.75) is 45.6 Å². The minimum atomic E-state index is 0.731. The Morgan fingerprint density at radius 1 is 1.54 bits per heavy atom. The van der Waals surface area contributed by atoms with Crippen LogP contribution in [0, 0.1) is 5.41 Å². The first-order chi connectivity index (χ1) is 6.11. The highest BCUT2D eigenvalue weighted by atomic mass is 15.2. The summed E-state index contributed by atoms with van der Waals surface area (Å²) in [5.41, 5.74) is 2.04. The highest BCUT2D eigenvalue weighted by molar-refractivity contribution is 5.03. The Morgan fingerprint density at radius 2 is 2.23 bits per heavy atom. The second-order valence-electron chi connectivity index (χ2n) is 5.27. The largest absolute Gasteiger partial charge is 0.296 e. The van der Waals surface area contributed by atoms with E-state index in [0.29, 0.717) is 0 Å². The Morgan fingerprint density at radius 3 is 2.62 bits per heavy atom. The van der Waals surface area contributed by atoms with Crippen molar-refractivity contribution in [2.24, 2.45) is 5.41 Å². The molecule has 1 spiro atoms. The molecule has 0 N–H and O–H groups in total. The summed E-state index contributed by atoms with van der Waals surface area (Å²) in [5.74, 6) is 0. The number of hydrogen-bond acceptors (Lipinski definition) is 1. The first kappa shape index (κ1) is 9.26. The maximum atomic E-state index is 4.00. The molecule has 1 heteroatoms. The van der Waals surface area contributed by atoms with Gasteiger partial charge in [-0.2, -0.15) is 0 Å². The molecule has 2 aliphatic rings. The van der Waals surface area contributed by atoms with Gasteiger partial charge in [0.25, 0.3) is 0 Å². The van der Waals surface area contributed by atoms with E-state index in [0.717, 1.165) is 18.0 Å². The Balaban J connectivity index is 1.95. The van der Waals surface area contributed by atoms with Gasteiger partial charge in [-0.25, -0.2) is 0 Å². The van der Waals surface area contributed by atoms with Gasteiger partial charge in [-0.05, 0) is 38.5 Å². The van der Waals surface area contributed by atoms with Crippen molar-refractivity contribution in [3.8, 4) is 0 Å². The number of nitrogens with zero attached hydrogens (tertiary/aromatic N) is 1. The van der Waals surface area contributed by atoms with E-state index >= 15 is 0 Å². The first-order valence-corrected chi connectivity index (χ1v) is 5.50. The molecular formula is C12H21N. The molecule has 0 radical (unpaired) electrons. The number of rotatable bonds is 2. The molecule has 1 heterocycles. The summed E-state index contributed by atoms with van der Waals surface area (Å²) >= 11 is 0. The van der Waals surface area contributed by atoms with Crippen molar-refractivity contribution in [3.63, 3.8) is 0 Å². The predicted molar refractivity (Wildman–Crippen MR) is 56.8 cm³/mol. The Kier molecular flexibility index (Phi) is 2.23. The quantitative estimate of drug-likeness (QED) is 0.589. The molecule has 1 atom stereocenters. The van der Waals surface area contributed by atoms with Gasteiger partial charge in [0.2, 0.25) is 0 Å². The molecule has 1 aliphatic heterocycles. The van der Waals surface area contributed by atoms with E-state index < -0.39 is 0 Å². The van der Waals surface area contributed by atoms with Crippen LogP contribution in [-0.4, -0.2) is 24.0 Å². The van der Waals surface area contributed by atoms with Crippen LogP contribution in [0.3, 0.4) is 0 Å². The Hall–Kier alpha value is -0.300. The van der Waals surface area contributed by atoms with Crippen LogP contribution in [0.1, 0.15) is 39.5 Å². The smallest absolute Gasteiger partial charge is 0.0190 e. The molecule has 1 nitrogen and oxygen atoms in total. The fraction of sp³-hybridized carbons (Fsp3) is 0.833. The van der Waals surface area contributed by atoms with E-state index in [1.807, 2.05) is 0 Å². The van der Waals surface area contributed by atoms with Gasteiger partial charge in [0.1, 0.15) is 0 Å². The van der Waals surface area contributed by atoms with Crippen LogP contribution in [0.5, 0.6) is 0 Å². The van der Waals surface area contributed by atoms with Gasteiger partial charge in [0.15, 0.2) is 0 Å². The van der Waals surface area contributed by atoms with Crippen LogP contribution in [0.15, 0.2) is 12.2 Å². The molecule has 0 aromatic carbocycles. The molecule has 0 aromatic rings. The molecule has 1 saturated heterocycles. The van der Waals surface area contributed by atoms with Crippen molar-refractivity contribution in [1.29, 1.82) is 0 Å². The van der Waals surface area contributed by atoms with Crippen molar-refractivity contribution < 1.29 is 0 Å². The van der Waals surface area contributed by atoms with Crippen LogP contribution >= 0.6 is 0 Å². The van der Waals surface area contributed by atoms with Crippen molar-refractivity contribution in [3.05, 3.63) is 12.2 Å². The van der Waals surface area contributed by atoms with Crippen molar-refractivity contribution >= 4 is 0 Å². The topological polar surface area (TPSA) is 3.24 Å². The summed E-state index contributed by atoms with van der Waals surface area (Å²) in [5, 5.41) is 0. The Bertz CT molecular complexity index is 215. The molecule has 2 fully saturated rings. The van der Waals surface area contributed by atoms with E-state index in [1.165, 1.54) is 37.8 Å². The maximum absolute atomic E-state index is 4.00. The van der Waals surface area contributed by atoms with E-state index in [2.05, 4.69) is 25.3 Å². The zero-order valence-electron chi connectivity index (χ0n) is 8.97. The van der Waals surface area contributed by atoms with Gasteiger partial charge in [-0.3, -0.25) is 4.90 Å². The molecule has 0 aromatic heterocycles. The Labute approximate surface area is 81.8 Å². The van der Waals surface area contributed by atoms with Crippen LogP contribution in [0.4, 0.5) is 0 Å². The van der Waals surface area contributed by atoms with Crippen LogP contribution in [0.2, 0.25) is 0 Å². The summed E-state index contributed by atoms with van der Waals surface area (Å²) in [6, 6.07) is 0.789. The van der Waals surface area contributed by atoms with Gasteiger partial charge in [-0.15, -0.1) is 0 Å². The zero-order valence-corrected chi connectivity index (χ0v) is 8.97. The standard InChI is InChI=1S/C12H21N/c1-10(2)8-13-9-12(5-4-6-12)7-11(13)3/h11H,1,4-9H2,2-3H3. The van der Waals surface area contributed by atoms with Crippen LogP contribution in [-0.2, 0) is 0 Å². The summed E-state index contributed by atoms with van der Waals surface area (Å²) in [6.07, 6.45) is 5.85. The minimum absolute atomic E-state index is 0.731. The third-order valence-electron chi connectivity index (χ3n) is 3.78. The highest BCUT2D eigenvalue weighted by Gasteiger charge is 2.45. The zero-order chi connectivity index (χ0) is 9.47. The average Bonchev–Trinajstić information content (AvgIpc) is 2.27. The molecule has 1 saturated carbocycles. The summed E-state index contributed by atoms with van der Waals surface area (Å²) in [4.78, 5) is 2.61. The van der Waals surface area contributed by atoms with Gasteiger partial charge in [0.05, 0.1) is 0 Å². The van der Waals surface area contributed by atoms with Crippen molar-refractivity contribution in [1.82, 2.24) is 4.90 Å². The van der Waals surface area contributed by atoms with E-state index in [-0.39, 0.29) is 0 Å². The predicted octanol–water partition coefficient (Wildman–Crippen LogP) is 2.83. The molecule has 1 unspecified atom stereocenters. The number of hydrogen-bond donors (Lipinski definition) is 0. The molecular weight excluding hydrogens is 158 g/mol. The van der Waals surface area contributed by atoms with Crippen molar-refractivity contribution in [2.75, 3.05) is 13.1 Å². The lowest BCUT2D eigenvalue weighted by atomic mass is 9.68. The summed E-state index contributed by atoms with van der Waals surface area (Å²) in [6.45, 7) is 11.0. The monoisotopic (exact) mass is 179 g/mol. The molecule has 0 bridgehead atoms. The SMILES string of the molecule is C=C(C)CN1CC2(CCC2)CC1C. The normalized spacial score (nSPS) is 32.0. The van der Waals surface area contributed by atoms with Gasteiger partial charge in [0, 0.05) is 19.1 Å². The second-order valence-corrected chi connectivity index (χ2v) is 5.27. The summed E-state index contributed by atoms with van der Waals surface area (Å²) < 4.78 is 0. The fourth-order valence-corrected chi connectivity index (χ4v) is 3.00. The molecule has 2 rings (SSSR count). The van der Waals surface area contributed by atoms with Crippen LogP contribution < -0.4 is 0 Å². The second kappa shape index (κ2) is 3.13. The van der Waals surface area contributed by atoms with Crippen LogP contribution in [0.25, 0.3) is 0 Å². The lowest BCUT2D eigenvalue weighted by Gasteiger charge is -2.38. The van der Waals surface area contributed by atoms with E-state index in [4.69, 9.17) is 0 Å². The molecule has 0 amide bonds. The highest BCUT2D eigenvalue weighted by Crippen LogP contribution is 2.50.